The smallest absolute Gasteiger partial charge is 0.00612 e. The van der Waals surface area contributed by atoms with E-state index in [-0.39, 0.29) is 5.92 Å². The lowest BCUT2D eigenvalue weighted by Gasteiger charge is -2.18. The van der Waals surface area contributed by atoms with Gasteiger partial charge < -0.3 is 0 Å². The summed E-state index contributed by atoms with van der Waals surface area (Å²) in [7, 11) is 0. The molecule has 1 aliphatic rings. The average molecular weight is 401 g/mol. The third-order valence-electron chi connectivity index (χ3n) is 5.96. The van der Waals surface area contributed by atoms with Crippen LogP contribution in [0.1, 0.15) is 42.0 Å². The highest BCUT2D eigenvalue weighted by Gasteiger charge is 2.17. The zero-order valence-corrected chi connectivity index (χ0v) is 18.3. The highest BCUT2D eigenvalue weighted by Crippen LogP contribution is 2.36. The van der Waals surface area contributed by atoms with Gasteiger partial charge in [-0.3, -0.25) is 0 Å². The van der Waals surface area contributed by atoms with Crippen molar-refractivity contribution in [3.8, 4) is 0 Å². The van der Waals surface area contributed by atoms with E-state index in [4.69, 9.17) is 0 Å². The molecular weight excluding hydrogens is 372 g/mol. The molecule has 0 bridgehead atoms. The molecule has 3 aromatic rings. The Balaban J connectivity index is 1.72. The van der Waals surface area contributed by atoms with Crippen molar-refractivity contribution >= 4 is 28.0 Å². The van der Waals surface area contributed by atoms with Crippen molar-refractivity contribution in [2.24, 2.45) is 0 Å². The van der Waals surface area contributed by atoms with Crippen molar-refractivity contribution in [3.63, 3.8) is 0 Å². The van der Waals surface area contributed by atoms with Gasteiger partial charge in [0.1, 0.15) is 0 Å². The summed E-state index contributed by atoms with van der Waals surface area (Å²) in [6.07, 6.45) is 14.9. The van der Waals surface area contributed by atoms with Crippen molar-refractivity contribution < 1.29 is 0 Å². The Morgan fingerprint density at radius 1 is 0.903 bits per heavy atom. The second-order valence-corrected chi connectivity index (χ2v) is 8.01. The Hall–Kier alpha value is -3.64. The normalized spacial score (nSPS) is 14.6. The molecule has 31 heavy (non-hydrogen) atoms. The molecule has 0 saturated heterocycles. The summed E-state index contributed by atoms with van der Waals surface area (Å²) in [5.41, 5.74) is 8.20. The van der Waals surface area contributed by atoms with E-state index in [1.54, 1.807) is 0 Å². The number of allylic oxidation sites excluding steroid dienone is 9. The molecule has 0 spiro atoms. The number of hydrogen-bond acceptors (Lipinski definition) is 0. The molecule has 0 heteroatoms. The summed E-state index contributed by atoms with van der Waals surface area (Å²) in [6, 6.07) is 21.6. The molecule has 4 rings (SSSR count). The average Bonchev–Trinajstić information content (AvgIpc) is 2.97. The third-order valence-corrected chi connectivity index (χ3v) is 5.96. The molecule has 0 fully saturated rings. The van der Waals surface area contributed by atoms with Crippen LogP contribution in [0.15, 0.2) is 116 Å². The van der Waals surface area contributed by atoms with E-state index in [9.17, 15) is 0 Å². The highest BCUT2D eigenvalue weighted by atomic mass is 14.2. The molecule has 0 saturated carbocycles. The molecule has 0 heterocycles. The number of rotatable bonds is 5. The Morgan fingerprint density at radius 3 is 2.52 bits per heavy atom. The Morgan fingerprint density at radius 2 is 1.71 bits per heavy atom. The number of fused-ring (bicyclic) bond motifs is 2. The quantitative estimate of drug-likeness (QED) is 0.375. The van der Waals surface area contributed by atoms with Crippen LogP contribution in [0.5, 0.6) is 0 Å². The Bertz CT molecular complexity index is 1270. The van der Waals surface area contributed by atoms with E-state index in [0.717, 1.165) is 11.1 Å². The van der Waals surface area contributed by atoms with Gasteiger partial charge in [0.15, 0.2) is 0 Å². The molecule has 0 aliphatic heterocycles. The maximum atomic E-state index is 4.40. The summed E-state index contributed by atoms with van der Waals surface area (Å²) in [5, 5.41) is 2.51. The van der Waals surface area contributed by atoms with Crippen molar-refractivity contribution in [1.82, 2.24) is 0 Å². The minimum Gasteiger partial charge on any atom is -0.0952 e. The molecule has 1 atom stereocenters. The van der Waals surface area contributed by atoms with Gasteiger partial charge in [0, 0.05) is 5.92 Å². The van der Waals surface area contributed by atoms with Gasteiger partial charge in [-0.25, -0.2) is 0 Å². The first kappa shape index (κ1) is 20.6. The van der Waals surface area contributed by atoms with Gasteiger partial charge in [-0.15, -0.1) is 0 Å². The van der Waals surface area contributed by atoms with E-state index in [1.807, 2.05) is 19.1 Å². The first-order valence-electron chi connectivity index (χ1n) is 10.8. The molecule has 0 radical (unpaired) electrons. The third kappa shape index (κ3) is 4.29. The van der Waals surface area contributed by atoms with Gasteiger partial charge >= 0.3 is 0 Å². The van der Waals surface area contributed by atoms with Crippen LogP contribution in [0.4, 0.5) is 0 Å². The van der Waals surface area contributed by atoms with Crippen LogP contribution in [0.2, 0.25) is 0 Å². The summed E-state index contributed by atoms with van der Waals surface area (Å²) in [5.74, 6) is 0.219. The zero-order valence-electron chi connectivity index (χ0n) is 18.3. The lowest BCUT2D eigenvalue weighted by molar-refractivity contribution is 0.922. The van der Waals surface area contributed by atoms with Gasteiger partial charge in [-0.1, -0.05) is 111 Å². The van der Waals surface area contributed by atoms with Crippen molar-refractivity contribution in [2.45, 2.75) is 19.8 Å². The van der Waals surface area contributed by atoms with E-state index in [2.05, 4.69) is 111 Å². The van der Waals surface area contributed by atoms with Crippen LogP contribution in [-0.2, 0) is 0 Å². The molecular formula is C31H28. The second-order valence-electron chi connectivity index (χ2n) is 8.01. The SMILES string of the molecule is C=C1C=C(c2ccc3ccccc3c2)C=Cc2c1cccc2C(C)C(=C)/C=C\C=C/C. The van der Waals surface area contributed by atoms with E-state index in [1.165, 1.54) is 38.6 Å². The van der Waals surface area contributed by atoms with Gasteiger partial charge in [0.2, 0.25) is 0 Å². The van der Waals surface area contributed by atoms with Gasteiger partial charge in [0.25, 0.3) is 0 Å². The maximum Gasteiger partial charge on any atom is 0.00612 e. The minimum atomic E-state index is 0.219. The maximum absolute atomic E-state index is 4.40. The fourth-order valence-electron chi connectivity index (χ4n) is 4.10. The first-order chi connectivity index (χ1) is 15.1. The van der Waals surface area contributed by atoms with Gasteiger partial charge in [0.05, 0.1) is 0 Å². The van der Waals surface area contributed by atoms with E-state index >= 15 is 0 Å². The summed E-state index contributed by atoms with van der Waals surface area (Å²) in [6.45, 7) is 12.9. The van der Waals surface area contributed by atoms with Crippen LogP contribution in [0.3, 0.4) is 0 Å². The molecule has 1 aliphatic carbocycles. The highest BCUT2D eigenvalue weighted by molar-refractivity contribution is 5.96. The number of benzene rings is 3. The van der Waals surface area contributed by atoms with Gasteiger partial charge in [-0.2, -0.15) is 0 Å². The van der Waals surface area contributed by atoms with Crippen LogP contribution < -0.4 is 0 Å². The van der Waals surface area contributed by atoms with Crippen LogP contribution in [0, 0.1) is 0 Å². The molecule has 0 N–H and O–H groups in total. The lowest BCUT2D eigenvalue weighted by atomic mass is 9.86. The molecule has 0 nitrogen and oxygen atoms in total. The molecule has 152 valence electrons. The van der Waals surface area contributed by atoms with Crippen molar-refractivity contribution in [1.29, 1.82) is 0 Å². The first-order valence-corrected chi connectivity index (χ1v) is 10.8. The fraction of sp³-hybridized carbons (Fsp3) is 0.0968. The Labute approximate surface area is 186 Å². The van der Waals surface area contributed by atoms with E-state index in [0.29, 0.717) is 0 Å². The predicted octanol–water partition coefficient (Wildman–Crippen LogP) is 8.76. The van der Waals surface area contributed by atoms with Crippen LogP contribution >= 0.6 is 0 Å². The monoisotopic (exact) mass is 400 g/mol. The van der Waals surface area contributed by atoms with Crippen LogP contribution in [0.25, 0.3) is 28.0 Å². The Kier molecular flexibility index (Phi) is 6.00. The molecule has 1 unspecified atom stereocenters. The summed E-state index contributed by atoms with van der Waals surface area (Å²) in [4.78, 5) is 0. The molecule has 0 aromatic heterocycles. The molecule has 0 amide bonds. The summed E-state index contributed by atoms with van der Waals surface area (Å²) < 4.78 is 0. The minimum absolute atomic E-state index is 0.219. The zero-order chi connectivity index (χ0) is 21.8. The molecule has 3 aromatic carbocycles. The fourth-order valence-corrected chi connectivity index (χ4v) is 4.10. The second kappa shape index (κ2) is 9.02. The standard InChI is InChI=1S/C31H28/c1-5-6-7-11-22(2)24(4)30-15-10-14-29-23(3)20-27(18-19-31(29)30)28-17-16-25-12-8-9-13-26(25)21-28/h5-21,24H,2-3H2,1,4H3/b6-5-,11-7-. The number of hydrogen-bond donors (Lipinski definition) is 0. The lowest BCUT2D eigenvalue weighted by Crippen LogP contribution is -2.00. The van der Waals surface area contributed by atoms with Crippen LogP contribution in [-0.4, -0.2) is 0 Å². The largest absolute Gasteiger partial charge is 0.0952 e. The topological polar surface area (TPSA) is 0 Å². The van der Waals surface area contributed by atoms with E-state index < -0.39 is 0 Å². The van der Waals surface area contributed by atoms with Crippen molar-refractivity contribution in [3.05, 3.63) is 138 Å². The summed E-state index contributed by atoms with van der Waals surface area (Å²) >= 11 is 0. The van der Waals surface area contributed by atoms with Crippen molar-refractivity contribution in [2.75, 3.05) is 0 Å². The predicted molar refractivity (Wildman–Crippen MR) is 138 cm³/mol. The van der Waals surface area contributed by atoms with Gasteiger partial charge in [-0.05, 0) is 68.8 Å².